The van der Waals surface area contributed by atoms with Crippen LogP contribution in [0.3, 0.4) is 0 Å². The number of unbranched alkanes of at least 4 members (excludes halogenated alkanes) is 5. The lowest BCUT2D eigenvalue weighted by atomic mass is 9.89. The van der Waals surface area contributed by atoms with Crippen LogP contribution in [-0.2, 0) is 0 Å². The van der Waals surface area contributed by atoms with E-state index in [0.717, 1.165) is 24.5 Å². The number of benzene rings is 1. The van der Waals surface area contributed by atoms with Crippen molar-refractivity contribution in [2.24, 2.45) is 0 Å². The Morgan fingerprint density at radius 1 is 0.885 bits per heavy atom. The fraction of sp³-hybridized carbons (Fsp3) is 0.696. The molecular formula is C23H40N2S. The van der Waals surface area contributed by atoms with Crippen LogP contribution in [0.25, 0.3) is 0 Å². The molecule has 3 heteroatoms. The molecule has 0 saturated carbocycles. The van der Waals surface area contributed by atoms with Gasteiger partial charge in [-0.15, -0.1) is 0 Å². The third kappa shape index (κ3) is 7.65. The summed E-state index contributed by atoms with van der Waals surface area (Å²) < 4.78 is 0. The van der Waals surface area contributed by atoms with Gasteiger partial charge in [0.2, 0.25) is 0 Å². The molecule has 1 rings (SSSR count). The zero-order chi connectivity index (χ0) is 19.4. The van der Waals surface area contributed by atoms with Crippen LogP contribution >= 0.6 is 12.2 Å². The molecule has 2 unspecified atom stereocenters. The fourth-order valence-corrected chi connectivity index (χ4v) is 3.46. The Bertz CT molecular complexity index is 499. The standard InChI is InChI=1S/C23H40N2S/c1-6-9-10-11-12-13-17-24-23(26)25-22-20(18(4)7-2)15-14-16-21(22)19(5)8-3/h14-16,18-19H,6-13,17H2,1-5H3,(H2,24,25,26). The van der Waals surface area contributed by atoms with Crippen molar-refractivity contribution in [3.63, 3.8) is 0 Å². The molecule has 0 amide bonds. The average molecular weight is 377 g/mol. The van der Waals surface area contributed by atoms with Crippen molar-refractivity contribution in [2.75, 3.05) is 11.9 Å². The monoisotopic (exact) mass is 376 g/mol. The quantitative estimate of drug-likeness (QED) is 0.294. The Hall–Kier alpha value is -1.09. The highest BCUT2D eigenvalue weighted by atomic mass is 32.1. The Balaban J connectivity index is 2.67. The summed E-state index contributed by atoms with van der Waals surface area (Å²) in [7, 11) is 0. The summed E-state index contributed by atoms with van der Waals surface area (Å²) in [6, 6.07) is 6.69. The van der Waals surface area contributed by atoms with Gasteiger partial charge in [-0.25, -0.2) is 0 Å². The van der Waals surface area contributed by atoms with Gasteiger partial charge in [0.15, 0.2) is 5.11 Å². The minimum atomic E-state index is 0.530. The molecule has 0 bridgehead atoms. The zero-order valence-electron chi connectivity index (χ0n) is 17.7. The van der Waals surface area contributed by atoms with Crippen molar-refractivity contribution in [2.45, 2.75) is 97.8 Å². The Labute approximate surface area is 167 Å². The van der Waals surface area contributed by atoms with Crippen LogP contribution in [0, 0.1) is 0 Å². The summed E-state index contributed by atoms with van der Waals surface area (Å²) in [4.78, 5) is 0. The Morgan fingerprint density at radius 3 is 1.96 bits per heavy atom. The Kier molecular flexibility index (Phi) is 11.6. The highest BCUT2D eigenvalue weighted by Crippen LogP contribution is 2.34. The molecule has 0 heterocycles. The molecule has 2 N–H and O–H groups in total. The van der Waals surface area contributed by atoms with Gasteiger partial charge in [0.25, 0.3) is 0 Å². The van der Waals surface area contributed by atoms with Crippen LogP contribution in [0.5, 0.6) is 0 Å². The first kappa shape index (κ1) is 23.0. The molecule has 1 aromatic carbocycles. The lowest BCUT2D eigenvalue weighted by Gasteiger charge is -2.23. The number of hydrogen-bond donors (Lipinski definition) is 2. The first-order chi connectivity index (χ1) is 12.5. The molecule has 148 valence electrons. The molecule has 0 aliphatic carbocycles. The van der Waals surface area contributed by atoms with Gasteiger partial charge < -0.3 is 10.6 Å². The molecular weight excluding hydrogens is 336 g/mol. The van der Waals surface area contributed by atoms with E-state index in [-0.39, 0.29) is 0 Å². The lowest BCUT2D eigenvalue weighted by molar-refractivity contribution is 0.603. The second-order valence-corrected chi connectivity index (χ2v) is 7.99. The van der Waals surface area contributed by atoms with Crippen molar-refractivity contribution >= 4 is 23.0 Å². The van der Waals surface area contributed by atoms with E-state index < -0.39 is 0 Å². The summed E-state index contributed by atoms with van der Waals surface area (Å²) in [5, 5.41) is 7.71. The van der Waals surface area contributed by atoms with Crippen LogP contribution in [0.15, 0.2) is 18.2 Å². The lowest BCUT2D eigenvalue weighted by Crippen LogP contribution is -2.30. The van der Waals surface area contributed by atoms with Crippen LogP contribution in [0.2, 0.25) is 0 Å². The molecule has 0 fully saturated rings. The number of nitrogens with one attached hydrogen (secondary N) is 2. The van der Waals surface area contributed by atoms with Gasteiger partial charge in [-0.1, -0.05) is 84.9 Å². The van der Waals surface area contributed by atoms with Gasteiger partial charge in [0.1, 0.15) is 0 Å². The highest BCUT2D eigenvalue weighted by molar-refractivity contribution is 7.80. The number of hydrogen-bond acceptors (Lipinski definition) is 1. The van der Waals surface area contributed by atoms with Gasteiger partial charge in [-0.05, 0) is 54.4 Å². The maximum absolute atomic E-state index is 5.60. The second kappa shape index (κ2) is 13.1. The van der Waals surface area contributed by atoms with Crippen molar-refractivity contribution in [1.29, 1.82) is 0 Å². The maximum Gasteiger partial charge on any atom is 0.170 e. The largest absolute Gasteiger partial charge is 0.362 e. The minimum Gasteiger partial charge on any atom is -0.362 e. The minimum absolute atomic E-state index is 0.530. The van der Waals surface area contributed by atoms with Crippen LogP contribution < -0.4 is 10.6 Å². The Morgan fingerprint density at radius 2 is 1.42 bits per heavy atom. The third-order valence-electron chi connectivity index (χ3n) is 5.47. The molecule has 0 aromatic heterocycles. The molecule has 0 aliphatic heterocycles. The molecule has 2 nitrogen and oxygen atoms in total. The van der Waals surface area contributed by atoms with Gasteiger partial charge >= 0.3 is 0 Å². The third-order valence-corrected chi connectivity index (χ3v) is 5.72. The SMILES string of the molecule is CCCCCCCCNC(=S)Nc1c(C(C)CC)cccc1C(C)CC. The predicted octanol–water partition coefficient (Wildman–Crippen LogP) is 7.36. The van der Waals surface area contributed by atoms with E-state index in [4.69, 9.17) is 12.2 Å². The molecule has 0 spiro atoms. The summed E-state index contributed by atoms with van der Waals surface area (Å²) >= 11 is 5.60. The summed E-state index contributed by atoms with van der Waals surface area (Å²) in [5.74, 6) is 1.06. The number of anilines is 1. The smallest absolute Gasteiger partial charge is 0.170 e. The molecule has 1 aromatic rings. The molecule has 2 atom stereocenters. The first-order valence-corrected chi connectivity index (χ1v) is 11.1. The number of para-hydroxylation sites is 1. The van der Waals surface area contributed by atoms with E-state index >= 15 is 0 Å². The van der Waals surface area contributed by atoms with Crippen molar-refractivity contribution in [3.8, 4) is 0 Å². The zero-order valence-corrected chi connectivity index (χ0v) is 18.5. The molecule has 0 aliphatic rings. The van der Waals surface area contributed by atoms with E-state index in [0.29, 0.717) is 11.8 Å². The van der Waals surface area contributed by atoms with Gasteiger partial charge in [-0.2, -0.15) is 0 Å². The van der Waals surface area contributed by atoms with Crippen molar-refractivity contribution in [1.82, 2.24) is 5.32 Å². The maximum atomic E-state index is 5.60. The van der Waals surface area contributed by atoms with Crippen LogP contribution in [-0.4, -0.2) is 11.7 Å². The normalized spacial score (nSPS) is 13.3. The van der Waals surface area contributed by atoms with Gasteiger partial charge in [0.05, 0.1) is 0 Å². The summed E-state index contributed by atoms with van der Waals surface area (Å²) in [5.41, 5.74) is 4.00. The van der Waals surface area contributed by atoms with Crippen LogP contribution in [0.1, 0.15) is 109 Å². The van der Waals surface area contributed by atoms with E-state index in [1.54, 1.807) is 0 Å². The topological polar surface area (TPSA) is 24.1 Å². The fourth-order valence-electron chi connectivity index (χ4n) is 3.26. The van der Waals surface area contributed by atoms with E-state index in [2.05, 4.69) is 63.5 Å². The average Bonchev–Trinajstić information content (AvgIpc) is 2.66. The van der Waals surface area contributed by atoms with E-state index in [9.17, 15) is 0 Å². The van der Waals surface area contributed by atoms with Crippen LogP contribution in [0.4, 0.5) is 5.69 Å². The number of thiocarbonyl (C=S) groups is 1. The van der Waals surface area contributed by atoms with E-state index in [1.165, 1.54) is 55.3 Å². The summed E-state index contributed by atoms with van der Waals surface area (Å²) in [6.07, 6.45) is 10.1. The highest BCUT2D eigenvalue weighted by Gasteiger charge is 2.17. The molecule has 0 saturated heterocycles. The van der Waals surface area contributed by atoms with Gasteiger partial charge in [-0.3, -0.25) is 0 Å². The van der Waals surface area contributed by atoms with Gasteiger partial charge in [0, 0.05) is 12.2 Å². The predicted molar refractivity (Wildman–Crippen MR) is 121 cm³/mol. The van der Waals surface area contributed by atoms with E-state index in [1.807, 2.05) is 0 Å². The van der Waals surface area contributed by atoms with Crippen molar-refractivity contribution in [3.05, 3.63) is 29.3 Å². The molecule has 0 radical (unpaired) electrons. The first-order valence-electron chi connectivity index (χ1n) is 10.7. The van der Waals surface area contributed by atoms with Crippen molar-refractivity contribution < 1.29 is 0 Å². The second-order valence-electron chi connectivity index (χ2n) is 7.58. The summed E-state index contributed by atoms with van der Waals surface area (Å²) in [6.45, 7) is 12.3. The number of rotatable bonds is 12. The molecule has 26 heavy (non-hydrogen) atoms.